The van der Waals surface area contributed by atoms with Gasteiger partial charge in [0.25, 0.3) is 6.20 Å². The van der Waals surface area contributed by atoms with E-state index in [4.69, 9.17) is 4.74 Å². The molecule has 1 N–H and O–H groups in total. The summed E-state index contributed by atoms with van der Waals surface area (Å²) in [7, 11) is 1.39. The third-order valence-electron chi connectivity index (χ3n) is 1.58. The van der Waals surface area contributed by atoms with Gasteiger partial charge in [-0.3, -0.25) is 10.1 Å². The summed E-state index contributed by atoms with van der Waals surface area (Å²) >= 11 is 0. The minimum Gasteiger partial charge on any atom is -0.510 e. The average Bonchev–Trinajstić information content (AvgIpc) is 2.14. The fourth-order valence-corrected chi connectivity index (χ4v) is 0.975. The van der Waals surface area contributed by atoms with Gasteiger partial charge in [0.2, 0.25) is 0 Å². The highest BCUT2D eigenvalue weighted by atomic mass is 16.6. The maximum absolute atomic E-state index is 11.4. The van der Waals surface area contributed by atoms with Crippen LogP contribution in [0.2, 0.25) is 0 Å². The minimum atomic E-state index is -0.738. The summed E-state index contributed by atoms with van der Waals surface area (Å²) in [6, 6.07) is 0. The maximum Gasteiger partial charge on any atom is 0.358 e. The molecule has 7 nitrogen and oxygen atoms in total. The Balaban J connectivity index is 4.89. The van der Waals surface area contributed by atoms with Crippen LogP contribution in [-0.2, 0) is 9.53 Å². The van der Waals surface area contributed by atoms with Gasteiger partial charge >= 0.3 is 5.97 Å². The number of hydrogen-bond acceptors (Lipinski definition) is 6. The zero-order valence-electron chi connectivity index (χ0n) is 9.34. The number of esters is 1. The van der Waals surface area contributed by atoms with Crippen molar-refractivity contribution in [3.63, 3.8) is 0 Å². The smallest absolute Gasteiger partial charge is 0.358 e. The number of carbonyl (C=O) groups is 1. The Morgan fingerprint density at radius 2 is 2.19 bits per heavy atom. The third kappa shape index (κ3) is 4.45. The largest absolute Gasteiger partial charge is 0.510 e. The van der Waals surface area contributed by atoms with E-state index in [0.717, 1.165) is 11.1 Å². The summed E-state index contributed by atoms with van der Waals surface area (Å²) in [6.07, 6.45) is 1.70. The van der Waals surface area contributed by atoms with Crippen LogP contribution in [-0.4, -0.2) is 34.6 Å². The van der Waals surface area contributed by atoms with Crippen molar-refractivity contribution in [1.82, 2.24) is 4.90 Å². The Bertz CT molecular complexity index is 331. The van der Waals surface area contributed by atoms with Crippen LogP contribution in [0.1, 0.15) is 13.8 Å². The molecule has 16 heavy (non-hydrogen) atoms. The molecule has 0 amide bonds. The number of likely N-dealkylation sites (N-methyl/N-ethyl adjacent to an activating group) is 1. The van der Waals surface area contributed by atoms with Gasteiger partial charge in [0.05, 0.1) is 17.7 Å². The SMILES string of the molecule is CCOC(=O)/C(=C(\C)O)N(C)/C=C/[N+](=O)[O-]. The van der Waals surface area contributed by atoms with E-state index in [9.17, 15) is 20.0 Å². The van der Waals surface area contributed by atoms with E-state index in [1.54, 1.807) is 6.92 Å². The molecule has 0 aliphatic carbocycles. The van der Waals surface area contributed by atoms with E-state index in [0.29, 0.717) is 6.20 Å². The van der Waals surface area contributed by atoms with Gasteiger partial charge in [-0.2, -0.15) is 0 Å². The molecule has 7 heteroatoms. The molecular formula is C9H14N2O5. The lowest BCUT2D eigenvalue weighted by Crippen LogP contribution is -2.22. The van der Waals surface area contributed by atoms with Crippen LogP contribution < -0.4 is 0 Å². The van der Waals surface area contributed by atoms with Crippen molar-refractivity contribution in [2.24, 2.45) is 0 Å². The Hall–Kier alpha value is -2.05. The zero-order valence-corrected chi connectivity index (χ0v) is 9.34. The highest BCUT2D eigenvalue weighted by molar-refractivity contribution is 5.88. The first-order valence-electron chi connectivity index (χ1n) is 4.51. The molecule has 0 rings (SSSR count). The lowest BCUT2D eigenvalue weighted by Gasteiger charge is -2.16. The van der Waals surface area contributed by atoms with Gasteiger partial charge < -0.3 is 14.7 Å². The first-order chi connectivity index (χ1) is 7.40. The number of ether oxygens (including phenoxy) is 1. The van der Waals surface area contributed by atoms with E-state index < -0.39 is 10.9 Å². The fraction of sp³-hybridized carbons (Fsp3) is 0.444. The number of aliphatic hydroxyl groups is 1. The highest BCUT2D eigenvalue weighted by Gasteiger charge is 2.18. The number of rotatable bonds is 5. The van der Waals surface area contributed by atoms with Crippen LogP contribution in [0.4, 0.5) is 0 Å². The maximum atomic E-state index is 11.4. The summed E-state index contributed by atoms with van der Waals surface area (Å²) in [5.74, 6) is -1.01. The molecule has 0 aliphatic rings. The van der Waals surface area contributed by atoms with Crippen LogP contribution in [0.3, 0.4) is 0 Å². The molecule has 0 unspecified atom stereocenters. The minimum absolute atomic E-state index is 0.139. The molecule has 0 atom stereocenters. The normalized spacial score (nSPS) is 12.2. The molecule has 0 saturated carbocycles. The van der Waals surface area contributed by atoms with Crippen LogP contribution in [0.15, 0.2) is 23.9 Å². The molecule has 0 radical (unpaired) electrons. The van der Waals surface area contributed by atoms with E-state index in [1.165, 1.54) is 14.0 Å². The van der Waals surface area contributed by atoms with E-state index >= 15 is 0 Å². The van der Waals surface area contributed by atoms with Crippen molar-refractivity contribution in [1.29, 1.82) is 0 Å². The Labute approximate surface area is 92.8 Å². The van der Waals surface area contributed by atoms with Gasteiger partial charge in [0.1, 0.15) is 5.76 Å². The summed E-state index contributed by atoms with van der Waals surface area (Å²) in [5.41, 5.74) is -0.139. The predicted molar refractivity (Wildman–Crippen MR) is 55.9 cm³/mol. The van der Waals surface area contributed by atoms with Crippen molar-refractivity contribution < 1.29 is 19.6 Å². The topological polar surface area (TPSA) is 92.9 Å². The quantitative estimate of drug-likeness (QED) is 0.249. The standard InChI is InChI=1S/C9H14N2O5/c1-4-16-9(13)8(7(2)12)10(3)5-6-11(14)15/h5-6,12H,4H2,1-3H3/b6-5+,8-7-. The average molecular weight is 230 g/mol. The number of hydrogen-bond donors (Lipinski definition) is 1. The van der Waals surface area contributed by atoms with Crippen molar-refractivity contribution in [3.05, 3.63) is 34.0 Å². The molecule has 0 saturated heterocycles. The second-order valence-corrected chi connectivity index (χ2v) is 2.85. The van der Waals surface area contributed by atoms with Crippen LogP contribution >= 0.6 is 0 Å². The Kier molecular flexibility index (Phi) is 5.61. The van der Waals surface area contributed by atoms with Gasteiger partial charge in [-0.1, -0.05) is 0 Å². The van der Waals surface area contributed by atoms with Gasteiger partial charge in [0.15, 0.2) is 5.70 Å². The molecule has 0 heterocycles. The molecule has 0 spiro atoms. The number of aliphatic hydroxyl groups excluding tert-OH is 1. The second kappa shape index (κ2) is 6.44. The van der Waals surface area contributed by atoms with Gasteiger partial charge in [-0.05, 0) is 13.8 Å². The van der Waals surface area contributed by atoms with Crippen molar-refractivity contribution >= 4 is 5.97 Å². The molecular weight excluding hydrogens is 216 g/mol. The molecule has 0 aromatic carbocycles. The lowest BCUT2D eigenvalue weighted by atomic mass is 10.3. The summed E-state index contributed by atoms with van der Waals surface area (Å²) in [5, 5.41) is 19.4. The molecule has 0 aliphatic heterocycles. The van der Waals surface area contributed by atoms with Crippen molar-refractivity contribution in [2.75, 3.05) is 13.7 Å². The fourth-order valence-electron chi connectivity index (χ4n) is 0.975. The van der Waals surface area contributed by atoms with Gasteiger partial charge in [-0.25, -0.2) is 4.79 Å². The second-order valence-electron chi connectivity index (χ2n) is 2.85. The first-order valence-corrected chi connectivity index (χ1v) is 4.51. The zero-order chi connectivity index (χ0) is 12.7. The Morgan fingerprint density at radius 1 is 1.62 bits per heavy atom. The van der Waals surface area contributed by atoms with Crippen molar-refractivity contribution in [2.45, 2.75) is 13.8 Å². The molecule has 0 bridgehead atoms. The number of carbonyl (C=O) groups excluding carboxylic acids is 1. The number of nitrogens with zero attached hydrogens (tertiary/aromatic N) is 2. The van der Waals surface area contributed by atoms with Crippen LogP contribution in [0.25, 0.3) is 0 Å². The van der Waals surface area contributed by atoms with E-state index in [-0.39, 0.29) is 18.1 Å². The predicted octanol–water partition coefficient (Wildman–Crippen LogP) is 1.02. The number of allylic oxidation sites excluding steroid dienone is 1. The Morgan fingerprint density at radius 3 is 2.56 bits per heavy atom. The molecule has 0 aromatic heterocycles. The summed E-state index contributed by atoms with van der Waals surface area (Å²) < 4.78 is 4.69. The van der Waals surface area contributed by atoms with Gasteiger partial charge in [-0.15, -0.1) is 0 Å². The summed E-state index contributed by atoms with van der Waals surface area (Å²) in [4.78, 5) is 21.9. The molecule has 0 fully saturated rings. The lowest BCUT2D eigenvalue weighted by molar-refractivity contribution is -0.403. The molecule has 0 aromatic rings. The van der Waals surface area contributed by atoms with Crippen molar-refractivity contribution in [3.8, 4) is 0 Å². The third-order valence-corrected chi connectivity index (χ3v) is 1.58. The molecule has 90 valence electrons. The van der Waals surface area contributed by atoms with Crippen LogP contribution in [0.5, 0.6) is 0 Å². The van der Waals surface area contributed by atoms with Crippen LogP contribution in [0, 0.1) is 10.1 Å². The first kappa shape index (κ1) is 13.9. The van der Waals surface area contributed by atoms with E-state index in [1.807, 2.05) is 0 Å². The van der Waals surface area contributed by atoms with Gasteiger partial charge in [0, 0.05) is 7.05 Å². The highest BCUT2D eigenvalue weighted by Crippen LogP contribution is 2.09. The summed E-state index contributed by atoms with van der Waals surface area (Å²) in [6.45, 7) is 3.07. The number of nitro groups is 1. The monoisotopic (exact) mass is 230 g/mol. The van der Waals surface area contributed by atoms with E-state index in [2.05, 4.69) is 0 Å².